The van der Waals surface area contributed by atoms with Gasteiger partial charge in [-0.05, 0) is 11.6 Å². The summed E-state index contributed by atoms with van der Waals surface area (Å²) in [6.07, 6.45) is 1.87. The van der Waals surface area contributed by atoms with Crippen LogP contribution in [0.2, 0.25) is 10.2 Å². The third-order valence-electron chi connectivity index (χ3n) is 1.15. The van der Waals surface area contributed by atoms with Crippen LogP contribution in [0.1, 0.15) is 5.56 Å². The Labute approximate surface area is 70.8 Å². The second-order valence-corrected chi connectivity index (χ2v) is 2.53. The minimum absolute atomic E-state index is 0.325. The van der Waals surface area contributed by atoms with E-state index in [2.05, 4.69) is 4.98 Å². The monoisotopic (exact) mass is 171 g/mol. The van der Waals surface area contributed by atoms with Crippen LogP contribution in [-0.2, 0) is 6.32 Å². The summed E-state index contributed by atoms with van der Waals surface area (Å²) in [7, 11) is 5.34. The van der Waals surface area contributed by atoms with E-state index in [1.807, 2.05) is 0 Å². The number of pyridine rings is 1. The lowest BCUT2D eigenvalue weighted by atomic mass is 9.98. The van der Waals surface area contributed by atoms with Crippen molar-refractivity contribution in [3.63, 3.8) is 0 Å². The van der Waals surface area contributed by atoms with Crippen molar-refractivity contribution < 1.29 is 0 Å². The zero-order valence-electron chi connectivity index (χ0n) is 5.14. The Bertz CT molecular complexity index is 219. The van der Waals surface area contributed by atoms with Gasteiger partial charge >= 0.3 is 0 Å². The zero-order chi connectivity index (χ0) is 7.56. The maximum Gasteiger partial charge on any atom is 0.132 e. The average Bonchev–Trinajstić information content (AvgIpc) is 1.88. The molecular formula is C6H4BCl2N. The molecule has 0 saturated heterocycles. The summed E-state index contributed by atoms with van der Waals surface area (Å²) in [5.74, 6) is 0. The number of aromatic nitrogens is 1. The highest BCUT2D eigenvalue weighted by molar-refractivity contribution is 6.36. The molecule has 0 atom stereocenters. The summed E-state index contributed by atoms with van der Waals surface area (Å²) in [5, 5.41) is 0.956. The summed E-state index contributed by atoms with van der Waals surface area (Å²) < 4.78 is 0. The average molecular weight is 172 g/mol. The standard InChI is InChI=1S/C6H4BCl2N/c7-3-4-5(8)1-2-10-6(4)9/h1-2H,3H2. The maximum atomic E-state index is 5.73. The van der Waals surface area contributed by atoms with Gasteiger partial charge in [0.05, 0.1) is 7.85 Å². The van der Waals surface area contributed by atoms with Crippen molar-refractivity contribution in [3.05, 3.63) is 28.0 Å². The Morgan fingerprint density at radius 3 is 2.60 bits per heavy atom. The van der Waals surface area contributed by atoms with Gasteiger partial charge in [-0.2, -0.15) is 0 Å². The van der Waals surface area contributed by atoms with Crippen LogP contribution in [0.15, 0.2) is 12.3 Å². The molecule has 1 nitrogen and oxygen atoms in total. The van der Waals surface area contributed by atoms with E-state index < -0.39 is 0 Å². The van der Waals surface area contributed by atoms with Crippen LogP contribution in [0, 0.1) is 0 Å². The third kappa shape index (κ3) is 1.44. The van der Waals surface area contributed by atoms with Crippen molar-refractivity contribution >= 4 is 31.0 Å². The molecule has 50 valence electrons. The Morgan fingerprint density at radius 2 is 2.20 bits per heavy atom. The highest BCUT2D eigenvalue weighted by atomic mass is 35.5. The predicted molar refractivity (Wildman–Crippen MR) is 43.7 cm³/mol. The number of nitrogens with zero attached hydrogens (tertiary/aromatic N) is 1. The molecule has 0 fully saturated rings. The molecule has 1 heterocycles. The van der Waals surface area contributed by atoms with E-state index in [9.17, 15) is 0 Å². The van der Waals surface area contributed by atoms with Gasteiger partial charge in [0, 0.05) is 11.2 Å². The van der Waals surface area contributed by atoms with E-state index >= 15 is 0 Å². The molecule has 1 rings (SSSR count). The molecule has 0 aliphatic carbocycles. The third-order valence-corrected chi connectivity index (χ3v) is 1.83. The van der Waals surface area contributed by atoms with E-state index in [1.165, 1.54) is 0 Å². The SMILES string of the molecule is [B]Cc1c(Cl)ccnc1Cl. The molecular weight excluding hydrogens is 168 g/mol. The maximum absolute atomic E-state index is 5.73. The molecule has 4 heteroatoms. The molecule has 2 radical (unpaired) electrons. The fraction of sp³-hybridized carbons (Fsp3) is 0.167. The van der Waals surface area contributed by atoms with Crippen LogP contribution in [-0.4, -0.2) is 12.8 Å². The van der Waals surface area contributed by atoms with Crippen LogP contribution in [0.5, 0.6) is 0 Å². The predicted octanol–water partition coefficient (Wildman–Crippen LogP) is 2.06. The topological polar surface area (TPSA) is 12.9 Å². The van der Waals surface area contributed by atoms with E-state index in [-0.39, 0.29) is 0 Å². The highest BCUT2D eigenvalue weighted by Gasteiger charge is 2.01. The van der Waals surface area contributed by atoms with E-state index in [0.717, 1.165) is 0 Å². The molecule has 10 heavy (non-hydrogen) atoms. The van der Waals surface area contributed by atoms with Crippen LogP contribution >= 0.6 is 23.2 Å². The fourth-order valence-electron chi connectivity index (χ4n) is 0.627. The summed E-state index contributed by atoms with van der Waals surface area (Å²) in [6.45, 7) is 0. The van der Waals surface area contributed by atoms with Gasteiger partial charge in [-0.1, -0.05) is 29.5 Å². The van der Waals surface area contributed by atoms with Crippen molar-refractivity contribution in [2.75, 3.05) is 0 Å². The van der Waals surface area contributed by atoms with Gasteiger partial charge in [-0.25, -0.2) is 4.98 Å². The van der Waals surface area contributed by atoms with Crippen LogP contribution in [0.25, 0.3) is 0 Å². The lowest BCUT2D eigenvalue weighted by Crippen LogP contribution is -1.88. The lowest BCUT2D eigenvalue weighted by Gasteiger charge is -2.00. The van der Waals surface area contributed by atoms with Gasteiger partial charge in [0.2, 0.25) is 0 Å². The van der Waals surface area contributed by atoms with Crippen molar-refractivity contribution in [3.8, 4) is 0 Å². The summed E-state index contributed by atoms with van der Waals surface area (Å²) in [5.41, 5.74) is 0.700. The van der Waals surface area contributed by atoms with Gasteiger partial charge in [0.25, 0.3) is 0 Å². The van der Waals surface area contributed by atoms with Crippen molar-refractivity contribution in [1.29, 1.82) is 0 Å². The fourth-order valence-corrected chi connectivity index (χ4v) is 1.13. The van der Waals surface area contributed by atoms with Crippen LogP contribution in [0.4, 0.5) is 0 Å². The highest BCUT2D eigenvalue weighted by Crippen LogP contribution is 2.20. The Morgan fingerprint density at radius 1 is 1.50 bits per heavy atom. The van der Waals surface area contributed by atoms with Gasteiger partial charge in [0.15, 0.2) is 0 Å². The molecule has 0 aliphatic rings. The van der Waals surface area contributed by atoms with E-state index in [0.29, 0.717) is 22.1 Å². The van der Waals surface area contributed by atoms with E-state index in [1.54, 1.807) is 12.3 Å². The van der Waals surface area contributed by atoms with Crippen molar-refractivity contribution in [2.45, 2.75) is 6.32 Å². The molecule has 0 aliphatic heterocycles. The minimum Gasteiger partial charge on any atom is -0.244 e. The van der Waals surface area contributed by atoms with Gasteiger partial charge in [-0.3, -0.25) is 0 Å². The minimum atomic E-state index is 0.325. The van der Waals surface area contributed by atoms with Crippen LogP contribution < -0.4 is 0 Å². The summed E-state index contributed by atoms with van der Waals surface area (Å²) >= 11 is 11.4. The molecule has 0 aromatic carbocycles. The number of rotatable bonds is 1. The molecule has 1 aromatic heterocycles. The molecule has 0 N–H and O–H groups in total. The second kappa shape index (κ2) is 3.26. The largest absolute Gasteiger partial charge is 0.244 e. The molecule has 0 amide bonds. The van der Waals surface area contributed by atoms with Crippen molar-refractivity contribution in [1.82, 2.24) is 4.98 Å². The Balaban J connectivity index is 3.17. The lowest BCUT2D eigenvalue weighted by molar-refractivity contribution is 1.25. The molecule has 0 spiro atoms. The van der Waals surface area contributed by atoms with Crippen molar-refractivity contribution in [2.24, 2.45) is 0 Å². The molecule has 0 bridgehead atoms. The van der Waals surface area contributed by atoms with Crippen LogP contribution in [0.3, 0.4) is 0 Å². The number of hydrogen-bond acceptors (Lipinski definition) is 1. The molecule has 0 unspecified atom stereocenters. The number of halogens is 2. The quantitative estimate of drug-likeness (QED) is 0.466. The smallest absolute Gasteiger partial charge is 0.132 e. The van der Waals surface area contributed by atoms with Gasteiger partial charge in [-0.15, -0.1) is 0 Å². The molecule has 1 aromatic rings. The zero-order valence-corrected chi connectivity index (χ0v) is 6.65. The first kappa shape index (κ1) is 7.90. The normalized spacial score (nSPS) is 9.80. The Kier molecular flexibility index (Phi) is 2.58. The van der Waals surface area contributed by atoms with Gasteiger partial charge < -0.3 is 0 Å². The second-order valence-electron chi connectivity index (χ2n) is 1.77. The Hall–Kier alpha value is -0.205. The first-order valence-corrected chi connectivity index (χ1v) is 3.50. The first-order valence-electron chi connectivity index (χ1n) is 2.74. The first-order chi connectivity index (χ1) is 4.75. The number of hydrogen-bond donors (Lipinski definition) is 0. The van der Waals surface area contributed by atoms with Gasteiger partial charge in [0.1, 0.15) is 5.15 Å². The summed E-state index contributed by atoms with van der Waals surface area (Å²) in [4.78, 5) is 3.81. The summed E-state index contributed by atoms with van der Waals surface area (Å²) in [6, 6.07) is 1.66. The van der Waals surface area contributed by atoms with E-state index in [4.69, 9.17) is 31.0 Å². The molecule has 0 saturated carbocycles.